The van der Waals surface area contributed by atoms with Gasteiger partial charge in [-0.25, -0.2) is 0 Å². The van der Waals surface area contributed by atoms with Crippen molar-refractivity contribution in [1.29, 1.82) is 0 Å². The molecule has 0 radical (unpaired) electrons. The third-order valence-electron chi connectivity index (χ3n) is 2.76. The van der Waals surface area contributed by atoms with Gasteiger partial charge >= 0.3 is 0 Å². The van der Waals surface area contributed by atoms with E-state index < -0.39 is 0 Å². The van der Waals surface area contributed by atoms with Crippen LogP contribution < -0.4 is 4.74 Å². The number of benzene rings is 1. The zero-order valence-electron chi connectivity index (χ0n) is 11.6. The lowest BCUT2D eigenvalue weighted by Gasteiger charge is -2.20. The fourth-order valence-electron chi connectivity index (χ4n) is 1.64. The topological polar surface area (TPSA) is 58.0 Å². The number of aryl methyl sites for hydroxylation is 1. The number of ether oxygens (including phenoxy) is 1. The standard InChI is InChI=1S/C14H21N3O/c1-11-10-12(14(2,3)4)6-7-13(11)18-9-5-8-16-17-15/h6-7,10H,5,8-9H2,1-4H3. The van der Waals surface area contributed by atoms with E-state index in [9.17, 15) is 0 Å². The van der Waals surface area contributed by atoms with Crippen molar-refractivity contribution in [2.75, 3.05) is 13.2 Å². The smallest absolute Gasteiger partial charge is 0.122 e. The highest BCUT2D eigenvalue weighted by atomic mass is 16.5. The Morgan fingerprint density at radius 3 is 2.61 bits per heavy atom. The summed E-state index contributed by atoms with van der Waals surface area (Å²) in [5.74, 6) is 0.906. The van der Waals surface area contributed by atoms with Crippen LogP contribution in [-0.4, -0.2) is 13.2 Å². The Morgan fingerprint density at radius 2 is 2.06 bits per heavy atom. The molecule has 0 amide bonds. The summed E-state index contributed by atoms with van der Waals surface area (Å²) in [5.41, 5.74) is 10.8. The van der Waals surface area contributed by atoms with Crippen LogP contribution in [0.4, 0.5) is 0 Å². The Hall–Kier alpha value is -1.67. The minimum atomic E-state index is 0.158. The number of nitrogens with zero attached hydrogens (tertiary/aromatic N) is 3. The van der Waals surface area contributed by atoms with Gasteiger partial charge in [-0.1, -0.05) is 38.0 Å². The summed E-state index contributed by atoms with van der Waals surface area (Å²) < 4.78 is 5.67. The highest BCUT2D eigenvalue weighted by molar-refractivity contribution is 5.38. The largest absolute Gasteiger partial charge is 0.493 e. The summed E-state index contributed by atoms with van der Waals surface area (Å²) in [6, 6.07) is 6.29. The lowest BCUT2D eigenvalue weighted by atomic mass is 9.86. The molecule has 0 spiro atoms. The molecule has 1 aromatic carbocycles. The Bertz CT molecular complexity index is 443. The molecule has 18 heavy (non-hydrogen) atoms. The second kappa shape index (κ2) is 6.31. The molecule has 0 saturated heterocycles. The molecule has 1 aromatic rings. The van der Waals surface area contributed by atoms with Crippen molar-refractivity contribution in [3.05, 3.63) is 39.8 Å². The van der Waals surface area contributed by atoms with Gasteiger partial charge in [0.25, 0.3) is 0 Å². The van der Waals surface area contributed by atoms with Crippen LogP contribution in [-0.2, 0) is 5.41 Å². The van der Waals surface area contributed by atoms with Crippen molar-refractivity contribution < 1.29 is 4.74 Å². The number of rotatable bonds is 5. The molecular formula is C14H21N3O. The van der Waals surface area contributed by atoms with Gasteiger partial charge in [0, 0.05) is 11.5 Å². The number of hydrogen-bond acceptors (Lipinski definition) is 2. The van der Waals surface area contributed by atoms with Crippen LogP contribution in [0.2, 0.25) is 0 Å². The van der Waals surface area contributed by atoms with E-state index in [-0.39, 0.29) is 5.41 Å². The molecule has 0 bridgehead atoms. The minimum Gasteiger partial charge on any atom is -0.493 e. The van der Waals surface area contributed by atoms with Gasteiger partial charge in [0.15, 0.2) is 0 Å². The normalized spacial score (nSPS) is 10.9. The Morgan fingerprint density at radius 1 is 1.33 bits per heavy atom. The van der Waals surface area contributed by atoms with Gasteiger partial charge in [-0.15, -0.1) is 0 Å². The minimum absolute atomic E-state index is 0.158. The summed E-state index contributed by atoms with van der Waals surface area (Å²) in [6.45, 7) is 9.70. The average Bonchev–Trinajstić information content (AvgIpc) is 2.29. The zero-order chi connectivity index (χ0) is 13.6. The molecule has 1 rings (SSSR count). The molecule has 0 fully saturated rings. The van der Waals surface area contributed by atoms with Crippen molar-refractivity contribution in [2.45, 2.75) is 39.5 Å². The third-order valence-corrected chi connectivity index (χ3v) is 2.76. The number of hydrogen-bond donors (Lipinski definition) is 0. The molecule has 0 aromatic heterocycles. The predicted octanol–water partition coefficient (Wildman–Crippen LogP) is 4.37. The first-order valence-electron chi connectivity index (χ1n) is 6.20. The van der Waals surface area contributed by atoms with E-state index in [4.69, 9.17) is 10.3 Å². The van der Waals surface area contributed by atoms with Crippen molar-refractivity contribution in [2.24, 2.45) is 5.11 Å². The van der Waals surface area contributed by atoms with Gasteiger partial charge in [-0.2, -0.15) is 0 Å². The summed E-state index contributed by atoms with van der Waals surface area (Å²) in [5, 5.41) is 3.47. The molecule has 0 aliphatic rings. The molecule has 0 saturated carbocycles. The van der Waals surface area contributed by atoms with Crippen LogP contribution in [0.1, 0.15) is 38.3 Å². The van der Waals surface area contributed by atoms with E-state index in [1.807, 2.05) is 6.07 Å². The van der Waals surface area contributed by atoms with Crippen LogP contribution in [0.5, 0.6) is 5.75 Å². The SMILES string of the molecule is Cc1cc(C(C)(C)C)ccc1OCCCN=[N+]=[N-]. The van der Waals surface area contributed by atoms with Gasteiger partial charge in [-0.3, -0.25) is 0 Å². The molecule has 4 heteroatoms. The molecular weight excluding hydrogens is 226 g/mol. The first-order chi connectivity index (χ1) is 8.45. The van der Waals surface area contributed by atoms with E-state index >= 15 is 0 Å². The highest BCUT2D eigenvalue weighted by Gasteiger charge is 2.14. The average molecular weight is 247 g/mol. The maximum Gasteiger partial charge on any atom is 0.122 e. The van der Waals surface area contributed by atoms with Crippen LogP contribution in [0, 0.1) is 6.92 Å². The first kappa shape index (κ1) is 14.4. The fraction of sp³-hybridized carbons (Fsp3) is 0.571. The fourth-order valence-corrected chi connectivity index (χ4v) is 1.64. The molecule has 0 heterocycles. The summed E-state index contributed by atoms with van der Waals surface area (Å²) in [4.78, 5) is 2.71. The molecule has 4 nitrogen and oxygen atoms in total. The molecule has 0 unspecified atom stereocenters. The van der Waals surface area contributed by atoms with E-state index in [0.29, 0.717) is 13.2 Å². The predicted molar refractivity (Wildman–Crippen MR) is 74.0 cm³/mol. The summed E-state index contributed by atoms with van der Waals surface area (Å²) in [6.07, 6.45) is 0.741. The van der Waals surface area contributed by atoms with Gasteiger partial charge in [-0.05, 0) is 41.5 Å². The maximum absolute atomic E-state index is 8.15. The van der Waals surface area contributed by atoms with E-state index in [1.165, 1.54) is 5.56 Å². The van der Waals surface area contributed by atoms with E-state index in [1.54, 1.807) is 0 Å². The quantitative estimate of drug-likeness (QED) is 0.330. The van der Waals surface area contributed by atoms with Crippen molar-refractivity contribution >= 4 is 0 Å². The lowest BCUT2D eigenvalue weighted by Crippen LogP contribution is -2.11. The highest BCUT2D eigenvalue weighted by Crippen LogP contribution is 2.27. The van der Waals surface area contributed by atoms with Crippen LogP contribution in [0.15, 0.2) is 23.3 Å². The molecule has 0 aliphatic carbocycles. The lowest BCUT2D eigenvalue weighted by molar-refractivity contribution is 0.311. The molecule has 0 atom stereocenters. The van der Waals surface area contributed by atoms with Crippen molar-refractivity contribution in [3.8, 4) is 5.75 Å². The van der Waals surface area contributed by atoms with Crippen molar-refractivity contribution in [3.63, 3.8) is 0 Å². The molecule has 98 valence electrons. The summed E-state index contributed by atoms with van der Waals surface area (Å²) >= 11 is 0. The van der Waals surface area contributed by atoms with Crippen LogP contribution >= 0.6 is 0 Å². The second-order valence-corrected chi connectivity index (χ2v) is 5.39. The zero-order valence-corrected chi connectivity index (χ0v) is 11.6. The first-order valence-corrected chi connectivity index (χ1v) is 6.20. The van der Waals surface area contributed by atoms with Gasteiger partial charge in [0.1, 0.15) is 5.75 Å². The Kier molecular flexibility index (Phi) is 5.05. The Balaban J connectivity index is 2.60. The van der Waals surface area contributed by atoms with E-state index in [0.717, 1.165) is 17.7 Å². The third kappa shape index (κ3) is 4.30. The number of azide groups is 1. The molecule has 0 aliphatic heterocycles. The van der Waals surface area contributed by atoms with E-state index in [2.05, 4.69) is 49.9 Å². The van der Waals surface area contributed by atoms with Crippen LogP contribution in [0.3, 0.4) is 0 Å². The Labute approximate surface area is 109 Å². The van der Waals surface area contributed by atoms with Crippen LogP contribution in [0.25, 0.3) is 10.4 Å². The van der Waals surface area contributed by atoms with Crippen molar-refractivity contribution in [1.82, 2.24) is 0 Å². The second-order valence-electron chi connectivity index (χ2n) is 5.39. The molecule has 0 N–H and O–H groups in total. The van der Waals surface area contributed by atoms with Gasteiger partial charge in [0.2, 0.25) is 0 Å². The monoisotopic (exact) mass is 247 g/mol. The maximum atomic E-state index is 8.15. The summed E-state index contributed by atoms with van der Waals surface area (Å²) in [7, 11) is 0. The van der Waals surface area contributed by atoms with Gasteiger partial charge in [0.05, 0.1) is 6.61 Å². The van der Waals surface area contributed by atoms with Gasteiger partial charge < -0.3 is 4.74 Å².